The number of anilines is 1. The highest BCUT2D eigenvalue weighted by atomic mass is 32.1. The number of hydrogen-bond acceptors (Lipinski definition) is 6. The standard InChI is InChI=1S/C16H14F3N3O2S2/c1-8-7-25-14(20-8)15(24,16(17,18)19)6-13(23)22-10-3-4-11-12(5-10)26-9(2)21-11/h3-5,7,24H,6H2,1-2H3,(H,22,23). The Labute approximate surface area is 154 Å². The predicted octanol–water partition coefficient (Wildman–Crippen LogP) is 4.15. The Hall–Kier alpha value is -2.04. The van der Waals surface area contributed by atoms with Crippen molar-refractivity contribution < 1.29 is 23.1 Å². The van der Waals surface area contributed by atoms with Crippen LogP contribution in [0.15, 0.2) is 23.6 Å². The molecule has 0 radical (unpaired) electrons. The lowest BCUT2D eigenvalue weighted by Crippen LogP contribution is -2.45. The zero-order valence-electron chi connectivity index (χ0n) is 13.7. The van der Waals surface area contributed by atoms with E-state index in [2.05, 4.69) is 15.3 Å². The molecule has 2 heterocycles. The topological polar surface area (TPSA) is 75.1 Å². The number of aliphatic hydroxyl groups is 1. The smallest absolute Gasteiger partial charge is 0.374 e. The van der Waals surface area contributed by atoms with Crippen LogP contribution in [-0.2, 0) is 10.4 Å². The average Bonchev–Trinajstić information content (AvgIpc) is 3.10. The summed E-state index contributed by atoms with van der Waals surface area (Å²) >= 11 is 2.08. The molecular formula is C16H14F3N3O2S2. The van der Waals surface area contributed by atoms with Gasteiger partial charge in [0.05, 0.1) is 21.6 Å². The molecule has 26 heavy (non-hydrogen) atoms. The van der Waals surface area contributed by atoms with Crippen LogP contribution in [0.5, 0.6) is 0 Å². The fourth-order valence-corrected chi connectivity index (χ4v) is 4.18. The maximum Gasteiger partial charge on any atom is 0.424 e. The van der Waals surface area contributed by atoms with E-state index in [9.17, 15) is 23.1 Å². The number of fused-ring (bicyclic) bond motifs is 1. The Morgan fingerprint density at radius 1 is 1.27 bits per heavy atom. The molecule has 10 heteroatoms. The first kappa shape index (κ1) is 18.7. The van der Waals surface area contributed by atoms with Gasteiger partial charge in [0.25, 0.3) is 0 Å². The molecule has 5 nitrogen and oxygen atoms in total. The molecule has 3 rings (SSSR count). The number of aryl methyl sites for hydroxylation is 2. The van der Waals surface area contributed by atoms with Crippen LogP contribution in [0.2, 0.25) is 0 Å². The number of carbonyl (C=O) groups is 1. The second-order valence-corrected chi connectivity index (χ2v) is 7.89. The van der Waals surface area contributed by atoms with Crippen molar-refractivity contribution in [2.75, 3.05) is 5.32 Å². The second kappa shape index (κ2) is 6.60. The van der Waals surface area contributed by atoms with E-state index < -0.39 is 29.1 Å². The Morgan fingerprint density at radius 2 is 2.00 bits per heavy atom. The zero-order chi connectivity index (χ0) is 19.1. The van der Waals surface area contributed by atoms with Crippen molar-refractivity contribution in [2.45, 2.75) is 32.0 Å². The van der Waals surface area contributed by atoms with Gasteiger partial charge in [-0.05, 0) is 32.0 Å². The summed E-state index contributed by atoms with van der Waals surface area (Å²) in [5.41, 5.74) is -1.90. The van der Waals surface area contributed by atoms with E-state index in [1.54, 1.807) is 18.2 Å². The molecule has 1 amide bonds. The van der Waals surface area contributed by atoms with Gasteiger partial charge in [-0.25, -0.2) is 9.97 Å². The van der Waals surface area contributed by atoms with E-state index in [0.717, 1.165) is 15.2 Å². The molecule has 0 saturated heterocycles. The van der Waals surface area contributed by atoms with Crippen LogP contribution < -0.4 is 5.32 Å². The number of aromatic nitrogens is 2. The van der Waals surface area contributed by atoms with Crippen LogP contribution in [0.3, 0.4) is 0 Å². The van der Waals surface area contributed by atoms with Gasteiger partial charge in [0.15, 0.2) is 0 Å². The number of nitrogens with zero attached hydrogens (tertiary/aromatic N) is 2. The van der Waals surface area contributed by atoms with Crippen LogP contribution in [0, 0.1) is 13.8 Å². The first-order chi connectivity index (χ1) is 12.1. The lowest BCUT2D eigenvalue weighted by molar-refractivity contribution is -0.266. The molecule has 1 aromatic carbocycles. The number of carbonyl (C=O) groups excluding carboxylic acids is 1. The molecule has 0 aliphatic rings. The third-order valence-corrected chi connectivity index (χ3v) is 5.68. The Balaban J connectivity index is 1.83. The van der Waals surface area contributed by atoms with Gasteiger partial charge in [-0.3, -0.25) is 4.79 Å². The van der Waals surface area contributed by atoms with Gasteiger partial charge in [0, 0.05) is 16.8 Å². The highest BCUT2D eigenvalue weighted by Gasteiger charge is 2.58. The number of alkyl halides is 3. The van der Waals surface area contributed by atoms with Gasteiger partial charge in [-0.1, -0.05) is 0 Å². The zero-order valence-corrected chi connectivity index (χ0v) is 15.3. The summed E-state index contributed by atoms with van der Waals surface area (Å²) in [7, 11) is 0. The first-order valence-corrected chi connectivity index (χ1v) is 9.17. The van der Waals surface area contributed by atoms with Gasteiger partial charge < -0.3 is 10.4 Å². The SMILES string of the molecule is Cc1csc(C(O)(CC(=O)Nc2ccc3nc(C)sc3c2)C(F)(F)F)n1. The molecule has 2 aromatic heterocycles. The van der Waals surface area contributed by atoms with E-state index in [1.807, 2.05) is 6.92 Å². The average molecular weight is 401 g/mol. The normalized spacial score (nSPS) is 14.4. The van der Waals surface area contributed by atoms with Crippen LogP contribution in [0.25, 0.3) is 10.2 Å². The summed E-state index contributed by atoms with van der Waals surface area (Å²) in [5, 5.41) is 14.3. The Morgan fingerprint density at radius 3 is 2.62 bits per heavy atom. The second-order valence-electron chi connectivity index (χ2n) is 5.79. The molecule has 0 aliphatic heterocycles. The predicted molar refractivity (Wildman–Crippen MR) is 94.4 cm³/mol. The minimum Gasteiger partial charge on any atom is -0.374 e. The summed E-state index contributed by atoms with van der Waals surface area (Å²) in [5.74, 6) is -0.960. The molecule has 3 aromatic rings. The third kappa shape index (κ3) is 3.57. The maximum atomic E-state index is 13.4. The summed E-state index contributed by atoms with van der Waals surface area (Å²) in [6, 6.07) is 4.87. The molecule has 138 valence electrons. The maximum absolute atomic E-state index is 13.4. The van der Waals surface area contributed by atoms with Gasteiger partial charge in [-0.15, -0.1) is 22.7 Å². The van der Waals surface area contributed by atoms with Crippen LogP contribution >= 0.6 is 22.7 Å². The Kier molecular flexibility index (Phi) is 4.76. The van der Waals surface area contributed by atoms with Crippen LogP contribution in [0.4, 0.5) is 18.9 Å². The monoisotopic (exact) mass is 401 g/mol. The number of amides is 1. The van der Waals surface area contributed by atoms with Crippen LogP contribution in [0.1, 0.15) is 22.1 Å². The number of benzene rings is 1. The number of rotatable bonds is 4. The number of nitrogens with one attached hydrogen (secondary N) is 1. The first-order valence-electron chi connectivity index (χ1n) is 7.47. The molecule has 1 atom stereocenters. The fourth-order valence-electron chi connectivity index (χ4n) is 2.40. The molecule has 0 fully saturated rings. The van der Waals surface area contributed by atoms with Gasteiger partial charge in [-0.2, -0.15) is 13.2 Å². The summed E-state index contributed by atoms with van der Waals surface area (Å²) in [6.45, 7) is 3.35. The quantitative estimate of drug-likeness (QED) is 0.689. The third-order valence-electron chi connectivity index (χ3n) is 3.64. The van der Waals surface area contributed by atoms with Gasteiger partial charge in [0.2, 0.25) is 11.5 Å². The molecule has 0 bridgehead atoms. The van der Waals surface area contributed by atoms with E-state index in [0.29, 0.717) is 22.7 Å². The largest absolute Gasteiger partial charge is 0.424 e. The summed E-state index contributed by atoms with van der Waals surface area (Å²) in [6.07, 6.45) is -6.21. The molecule has 0 saturated carbocycles. The van der Waals surface area contributed by atoms with Crippen molar-refractivity contribution in [2.24, 2.45) is 0 Å². The van der Waals surface area contributed by atoms with Crippen molar-refractivity contribution in [3.8, 4) is 0 Å². The molecule has 0 aliphatic carbocycles. The minimum absolute atomic E-state index is 0.339. The van der Waals surface area contributed by atoms with E-state index in [4.69, 9.17) is 0 Å². The summed E-state index contributed by atoms with van der Waals surface area (Å²) in [4.78, 5) is 20.2. The lowest BCUT2D eigenvalue weighted by Gasteiger charge is -2.27. The minimum atomic E-state index is -5.03. The number of hydrogen-bond donors (Lipinski definition) is 2. The van der Waals surface area contributed by atoms with Crippen LogP contribution in [-0.4, -0.2) is 27.2 Å². The fraction of sp³-hybridized carbons (Fsp3) is 0.312. The molecule has 0 spiro atoms. The van der Waals surface area contributed by atoms with Gasteiger partial charge >= 0.3 is 6.18 Å². The number of halogens is 3. The molecular weight excluding hydrogens is 387 g/mol. The van der Waals surface area contributed by atoms with Crippen molar-refractivity contribution >= 4 is 44.5 Å². The van der Waals surface area contributed by atoms with Gasteiger partial charge in [0.1, 0.15) is 5.01 Å². The van der Waals surface area contributed by atoms with E-state index in [1.165, 1.54) is 23.6 Å². The highest BCUT2D eigenvalue weighted by molar-refractivity contribution is 7.18. The lowest BCUT2D eigenvalue weighted by atomic mass is 9.99. The Bertz CT molecular complexity index is 967. The molecule has 2 N–H and O–H groups in total. The molecule has 1 unspecified atom stereocenters. The van der Waals surface area contributed by atoms with Crippen molar-refractivity contribution in [1.82, 2.24) is 9.97 Å². The highest BCUT2D eigenvalue weighted by Crippen LogP contribution is 2.43. The van der Waals surface area contributed by atoms with Crippen molar-refractivity contribution in [1.29, 1.82) is 0 Å². The van der Waals surface area contributed by atoms with Crippen molar-refractivity contribution in [3.63, 3.8) is 0 Å². The number of thiazole rings is 2. The van der Waals surface area contributed by atoms with E-state index >= 15 is 0 Å². The van der Waals surface area contributed by atoms with E-state index in [-0.39, 0.29) is 0 Å². The van der Waals surface area contributed by atoms with Crippen molar-refractivity contribution in [3.05, 3.63) is 39.3 Å². The summed E-state index contributed by atoms with van der Waals surface area (Å²) < 4.78 is 41.1.